The van der Waals surface area contributed by atoms with Gasteiger partial charge in [0.15, 0.2) is 0 Å². The van der Waals surface area contributed by atoms with Crippen molar-refractivity contribution in [1.82, 2.24) is 15.1 Å². The van der Waals surface area contributed by atoms with Crippen molar-refractivity contribution in [1.29, 1.82) is 0 Å². The third kappa shape index (κ3) is 4.94. The molecule has 2 aliphatic rings. The van der Waals surface area contributed by atoms with Gasteiger partial charge in [0.05, 0.1) is 0 Å². The van der Waals surface area contributed by atoms with Crippen LogP contribution in [0.25, 0.3) is 0 Å². The van der Waals surface area contributed by atoms with Gasteiger partial charge in [0.2, 0.25) is 0 Å². The fourth-order valence-electron chi connectivity index (χ4n) is 4.37. The maximum atomic E-state index is 3.84. The normalized spacial score (nSPS) is 31.7. The Morgan fingerprint density at radius 2 is 1.86 bits per heavy atom. The van der Waals surface area contributed by atoms with Crippen molar-refractivity contribution in [2.24, 2.45) is 0 Å². The predicted molar refractivity (Wildman–Crippen MR) is 91.9 cm³/mol. The smallest absolute Gasteiger partial charge is 0.0246 e. The minimum Gasteiger partial charge on any atom is -0.312 e. The highest BCUT2D eigenvalue weighted by molar-refractivity contribution is 4.89. The number of hydrogen-bond donors (Lipinski definition) is 1. The topological polar surface area (TPSA) is 18.5 Å². The molecule has 0 bridgehead atoms. The van der Waals surface area contributed by atoms with Crippen molar-refractivity contribution in [2.45, 2.75) is 83.3 Å². The summed E-state index contributed by atoms with van der Waals surface area (Å²) in [6.45, 7) is 9.58. The monoisotopic (exact) mass is 295 g/mol. The number of hydrogen-bond acceptors (Lipinski definition) is 3. The van der Waals surface area contributed by atoms with Gasteiger partial charge in [-0.1, -0.05) is 33.1 Å². The minimum atomic E-state index is 0.717. The van der Waals surface area contributed by atoms with Gasteiger partial charge in [-0.15, -0.1) is 0 Å². The van der Waals surface area contributed by atoms with E-state index < -0.39 is 0 Å². The van der Waals surface area contributed by atoms with Gasteiger partial charge in [0.1, 0.15) is 0 Å². The Bertz CT molecular complexity index is 282. The van der Waals surface area contributed by atoms with Crippen molar-refractivity contribution in [3.05, 3.63) is 0 Å². The number of likely N-dealkylation sites (N-methyl/N-ethyl adjacent to an activating group) is 2. The molecule has 0 radical (unpaired) electrons. The summed E-state index contributed by atoms with van der Waals surface area (Å²) >= 11 is 0. The summed E-state index contributed by atoms with van der Waals surface area (Å²) in [7, 11) is 2.38. The lowest BCUT2D eigenvalue weighted by atomic mass is 10.0. The first-order valence-corrected chi connectivity index (χ1v) is 9.44. The third-order valence-electron chi connectivity index (χ3n) is 5.61. The van der Waals surface area contributed by atoms with Crippen molar-refractivity contribution in [3.8, 4) is 0 Å². The van der Waals surface area contributed by atoms with Gasteiger partial charge in [-0.2, -0.15) is 0 Å². The highest BCUT2D eigenvalue weighted by Gasteiger charge is 2.30. The average molecular weight is 296 g/mol. The Labute approximate surface area is 132 Å². The van der Waals surface area contributed by atoms with Crippen molar-refractivity contribution >= 4 is 0 Å². The van der Waals surface area contributed by atoms with Gasteiger partial charge in [-0.25, -0.2) is 0 Å². The van der Waals surface area contributed by atoms with E-state index in [9.17, 15) is 0 Å². The quantitative estimate of drug-likeness (QED) is 0.728. The molecule has 1 N–H and O–H groups in total. The largest absolute Gasteiger partial charge is 0.312 e. The second-order valence-electron chi connectivity index (χ2n) is 7.13. The molecule has 3 atom stereocenters. The summed E-state index contributed by atoms with van der Waals surface area (Å²) < 4.78 is 0. The maximum Gasteiger partial charge on any atom is 0.0246 e. The molecule has 0 aromatic heterocycles. The highest BCUT2D eigenvalue weighted by atomic mass is 15.2. The van der Waals surface area contributed by atoms with Crippen molar-refractivity contribution in [3.63, 3.8) is 0 Å². The molecule has 1 saturated heterocycles. The van der Waals surface area contributed by atoms with E-state index in [1.165, 1.54) is 77.5 Å². The maximum absolute atomic E-state index is 3.84. The lowest BCUT2D eigenvalue weighted by Crippen LogP contribution is -2.51. The SMILES string of the molecule is CCCNC1CCCCCC1N(C)CC1CCCN1CC. The first kappa shape index (κ1) is 17.2. The van der Waals surface area contributed by atoms with Crippen LogP contribution in [0, 0.1) is 0 Å². The molecule has 0 spiro atoms. The van der Waals surface area contributed by atoms with Crippen LogP contribution in [-0.2, 0) is 0 Å². The first-order chi connectivity index (χ1) is 10.3. The second-order valence-corrected chi connectivity index (χ2v) is 7.13. The Kier molecular flexibility index (Phi) is 7.48. The van der Waals surface area contributed by atoms with Gasteiger partial charge in [0.25, 0.3) is 0 Å². The van der Waals surface area contributed by atoms with Crippen LogP contribution in [0.1, 0.15) is 65.2 Å². The van der Waals surface area contributed by atoms with E-state index in [0.29, 0.717) is 6.04 Å². The van der Waals surface area contributed by atoms with E-state index in [-0.39, 0.29) is 0 Å². The number of likely N-dealkylation sites (tertiary alicyclic amines) is 1. The van der Waals surface area contributed by atoms with Crippen molar-refractivity contribution < 1.29 is 0 Å². The van der Waals surface area contributed by atoms with E-state index in [1.807, 2.05) is 0 Å². The Morgan fingerprint density at radius 1 is 1.05 bits per heavy atom. The van der Waals surface area contributed by atoms with Crippen LogP contribution >= 0.6 is 0 Å². The van der Waals surface area contributed by atoms with E-state index in [0.717, 1.165) is 12.1 Å². The van der Waals surface area contributed by atoms with Crippen LogP contribution in [0.15, 0.2) is 0 Å². The molecular weight excluding hydrogens is 258 g/mol. The van der Waals surface area contributed by atoms with E-state index in [2.05, 4.69) is 36.0 Å². The summed E-state index contributed by atoms with van der Waals surface area (Å²) in [4.78, 5) is 5.37. The molecular formula is C18H37N3. The summed E-state index contributed by atoms with van der Waals surface area (Å²) in [5.74, 6) is 0. The molecule has 2 fully saturated rings. The zero-order valence-corrected chi connectivity index (χ0v) is 14.6. The molecule has 2 rings (SSSR count). The Morgan fingerprint density at radius 3 is 2.62 bits per heavy atom. The van der Waals surface area contributed by atoms with Gasteiger partial charge < -0.3 is 10.2 Å². The first-order valence-electron chi connectivity index (χ1n) is 9.44. The molecule has 0 amide bonds. The van der Waals surface area contributed by atoms with Gasteiger partial charge in [-0.05, 0) is 58.8 Å². The molecule has 3 nitrogen and oxygen atoms in total. The molecule has 0 aromatic carbocycles. The van der Waals surface area contributed by atoms with E-state index in [1.54, 1.807) is 0 Å². The number of nitrogens with one attached hydrogen (secondary N) is 1. The number of rotatable bonds is 7. The van der Waals surface area contributed by atoms with Crippen LogP contribution in [-0.4, -0.2) is 61.2 Å². The molecule has 0 aromatic rings. The van der Waals surface area contributed by atoms with Crippen LogP contribution in [0.2, 0.25) is 0 Å². The van der Waals surface area contributed by atoms with Gasteiger partial charge in [-0.3, -0.25) is 4.90 Å². The summed E-state index contributed by atoms with van der Waals surface area (Å²) in [6.07, 6.45) is 11.1. The molecule has 1 saturated carbocycles. The molecule has 124 valence electrons. The van der Waals surface area contributed by atoms with Crippen LogP contribution < -0.4 is 5.32 Å². The summed E-state index contributed by atoms with van der Waals surface area (Å²) in [5.41, 5.74) is 0. The number of nitrogens with zero attached hydrogens (tertiary/aromatic N) is 2. The average Bonchev–Trinajstić information content (AvgIpc) is 2.80. The molecule has 3 heteroatoms. The summed E-state index contributed by atoms with van der Waals surface area (Å²) in [5, 5.41) is 3.84. The zero-order chi connectivity index (χ0) is 15.1. The second kappa shape index (κ2) is 9.12. The summed E-state index contributed by atoms with van der Waals surface area (Å²) in [6, 6.07) is 2.27. The fraction of sp³-hybridized carbons (Fsp3) is 1.00. The molecule has 1 heterocycles. The van der Waals surface area contributed by atoms with E-state index in [4.69, 9.17) is 0 Å². The molecule has 21 heavy (non-hydrogen) atoms. The standard InChI is InChI=1S/C18H37N3/c1-4-13-19-17-11-7-6-8-12-18(17)20(3)15-16-10-9-14-21(16)5-2/h16-19H,4-15H2,1-3H3. The Hall–Kier alpha value is -0.120. The van der Waals surface area contributed by atoms with Gasteiger partial charge >= 0.3 is 0 Å². The molecule has 1 aliphatic carbocycles. The lowest BCUT2D eigenvalue weighted by molar-refractivity contribution is 0.133. The highest BCUT2D eigenvalue weighted by Crippen LogP contribution is 2.24. The molecule has 1 aliphatic heterocycles. The van der Waals surface area contributed by atoms with Crippen LogP contribution in [0.3, 0.4) is 0 Å². The predicted octanol–water partition coefficient (Wildman–Crippen LogP) is 3.10. The molecule has 3 unspecified atom stereocenters. The van der Waals surface area contributed by atoms with Crippen LogP contribution in [0.5, 0.6) is 0 Å². The Balaban J connectivity index is 1.91. The van der Waals surface area contributed by atoms with Crippen LogP contribution in [0.4, 0.5) is 0 Å². The van der Waals surface area contributed by atoms with Gasteiger partial charge in [0, 0.05) is 24.7 Å². The minimum absolute atomic E-state index is 0.717. The lowest BCUT2D eigenvalue weighted by Gasteiger charge is -2.37. The van der Waals surface area contributed by atoms with E-state index >= 15 is 0 Å². The zero-order valence-electron chi connectivity index (χ0n) is 14.6. The fourth-order valence-corrected chi connectivity index (χ4v) is 4.37. The van der Waals surface area contributed by atoms with Crippen molar-refractivity contribution in [2.75, 3.05) is 33.2 Å². The third-order valence-corrected chi connectivity index (χ3v) is 5.61.